The van der Waals surface area contributed by atoms with Gasteiger partial charge in [0.05, 0.1) is 17.3 Å². The predicted octanol–water partition coefficient (Wildman–Crippen LogP) is 2.04. The van der Waals surface area contributed by atoms with Crippen LogP contribution in [0.5, 0.6) is 0 Å². The first-order valence-electron chi connectivity index (χ1n) is 6.33. The standard InChI is InChI=1S/C14H14BrN3O/c15-11-5-10(7-16)1-2-12(11)18-4-3-14(9-18)6-13(19)17-8-14/h1-2,5H,3-4,6,8-9H2,(H,17,19)/t14-/m1/s1. The van der Waals surface area contributed by atoms with Gasteiger partial charge in [0.2, 0.25) is 5.91 Å². The van der Waals surface area contributed by atoms with Gasteiger partial charge in [-0.15, -0.1) is 0 Å². The number of nitriles is 1. The number of benzene rings is 1. The number of hydrogen-bond donors (Lipinski definition) is 1. The SMILES string of the molecule is N#Cc1ccc(N2CC[C@@]3(CNC(=O)C3)C2)c(Br)c1. The van der Waals surface area contributed by atoms with Gasteiger partial charge in [0.25, 0.3) is 0 Å². The highest BCUT2D eigenvalue weighted by atomic mass is 79.9. The maximum atomic E-state index is 11.4. The topological polar surface area (TPSA) is 56.1 Å². The van der Waals surface area contributed by atoms with Crippen LogP contribution in [0, 0.1) is 16.7 Å². The molecular weight excluding hydrogens is 306 g/mol. The second kappa shape index (κ2) is 4.53. The molecule has 0 aliphatic carbocycles. The molecule has 1 N–H and O–H groups in total. The van der Waals surface area contributed by atoms with Crippen molar-refractivity contribution < 1.29 is 4.79 Å². The number of amides is 1. The largest absolute Gasteiger partial charge is 0.370 e. The van der Waals surface area contributed by atoms with E-state index < -0.39 is 0 Å². The Morgan fingerprint density at radius 1 is 1.47 bits per heavy atom. The molecule has 1 spiro atoms. The van der Waals surface area contributed by atoms with Crippen molar-refractivity contribution in [3.8, 4) is 6.07 Å². The summed E-state index contributed by atoms with van der Waals surface area (Å²) >= 11 is 3.53. The van der Waals surface area contributed by atoms with Crippen molar-refractivity contribution in [1.82, 2.24) is 5.32 Å². The molecule has 2 heterocycles. The van der Waals surface area contributed by atoms with Gasteiger partial charge in [0.1, 0.15) is 0 Å². The molecular formula is C14H14BrN3O. The minimum atomic E-state index is 0.102. The monoisotopic (exact) mass is 319 g/mol. The van der Waals surface area contributed by atoms with E-state index in [1.165, 1.54) is 0 Å². The Labute approximate surface area is 120 Å². The molecule has 0 aromatic heterocycles. The van der Waals surface area contributed by atoms with Crippen molar-refractivity contribution in [3.63, 3.8) is 0 Å². The molecule has 2 fully saturated rings. The Bertz CT molecular complexity index is 581. The molecule has 1 atom stereocenters. The van der Waals surface area contributed by atoms with Gasteiger partial charge in [-0.3, -0.25) is 4.79 Å². The number of nitrogens with zero attached hydrogens (tertiary/aromatic N) is 2. The quantitative estimate of drug-likeness (QED) is 0.861. The fourth-order valence-electron chi connectivity index (χ4n) is 3.01. The summed E-state index contributed by atoms with van der Waals surface area (Å²) in [6, 6.07) is 7.80. The maximum absolute atomic E-state index is 11.4. The average molecular weight is 320 g/mol. The molecule has 0 bridgehead atoms. The number of nitrogens with one attached hydrogen (secondary N) is 1. The lowest BCUT2D eigenvalue weighted by atomic mass is 9.86. The van der Waals surface area contributed by atoms with Crippen LogP contribution in [0.1, 0.15) is 18.4 Å². The molecule has 0 radical (unpaired) electrons. The highest BCUT2D eigenvalue weighted by Gasteiger charge is 2.44. The van der Waals surface area contributed by atoms with Gasteiger partial charge in [-0.1, -0.05) is 0 Å². The van der Waals surface area contributed by atoms with Gasteiger partial charge < -0.3 is 10.2 Å². The molecule has 2 aliphatic heterocycles. The first-order valence-corrected chi connectivity index (χ1v) is 7.13. The van der Waals surface area contributed by atoms with Crippen molar-refractivity contribution in [2.24, 2.45) is 5.41 Å². The van der Waals surface area contributed by atoms with E-state index in [9.17, 15) is 4.79 Å². The Morgan fingerprint density at radius 3 is 2.95 bits per heavy atom. The summed E-state index contributed by atoms with van der Waals surface area (Å²) in [6.07, 6.45) is 1.68. The van der Waals surface area contributed by atoms with Gasteiger partial charge in [-0.05, 0) is 40.5 Å². The van der Waals surface area contributed by atoms with Crippen LogP contribution in [-0.2, 0) is 4.79 Å². The Kier molecular flexibility index (Phi) is 2.98. The molecule has 0 unspecified atom stereocenters. The number of halogens is 1. The number of carbonyl (C=O) groups is 1. The van der Waals surface area contributed by atoms with Crippen molar-refractivity contribution >= 4 is 27.5 Å². The van der Waals surface area contributed by atoms with Crippen LogP contribution in [0.25, 0.3) is 0 Å². The van der Waals surface area contributed by atoms with Crippen LogP contribution in [0.2, 0.25) is 0 Å². The summed E-state index contributed by atoms with van der Waals surface area (Å²) in [5.41, 5.74) is 1.86. The van der Waals surface area contributed by atoms with Gasteiger partial charge in [-0.2, -0.15) is 5.26 Å². The second-order valence-electron chi connectivity index (χ2n) is 5.40. The molecule has 98 valence electrons. The molecule has 19 heavy (non-hydrogen) atoms. The zero-order valence-corrected chi connectivity index (χ0v) is 12.0. The minimum absolute atomic E-state index is 0.102. The van der Waals surface area contributed by atoms with Gasteiger partial charge in [-0.25, -0.2) is 0 Å². The highest BCUT2D eigenvalue weighted by molar-refractivity contribution is 9.10. The van der Waals surface area contributed by atoms with Gasteiger partial charge >= 0.3 is 0 Å². The Morgan fingerprint density at radius 2 is 2.32 bits per heavy atom. The smallest absolute Gasteiger partial charge is 0.220 e. The molecule has 0 saturated carbocycles. The predicted molar refractivity (Wildman–Crippen MR) is 75.7 cm³/mol. The Hall–Kier alpha value is -1.54. The number of anilines is 1. The van der Waals surface area contributed by atoms with Gasteiger partial charge in [0, 0.05) is 35.9 Å². The average Bonchev–Trinajstić information content (AvgIpc) is 2.97. The van der Waals surface area contributed by atoms with Crippen molar-refractivity contribution in [2.45, 2.75) is 12.8 Å². The van der Waals surface area contributed by atoms with Crippen LogP contribution in [-0.4, -0.2) is 25.5 Å². The number of carbonyl (C=O) groups excluding carboxylic acids is 1. The van der Waals surface area contributed by atoms with E-state index >= 15 is 0 Å². The summed E-state index contributed by atoms with van der Waals surface area (Å²) in [6.45, 7) is 2.64. The highest BCUT2D eigenvalue weighted by Crippen LogP contribution is 2.40. The molecule has 5 heteroatoms. The molecule has 2 saturated heterocycles. The van der Waals surface area contributed by atoms with Crippen LogP contribution in [0.4, 0.5) is 5.69 Å². The normalized spacial score (nSPS) is 25.7. The third-order valence-electron chi connectivity index (χ3n) is 4.05. The Balaban J connectivity index is 1.82. The summed E-state index contributed by atoms with van der Waals surface area (Å²) < 4.78 is 0.945. The molecule has 1 aromatic rings. The lowest BCUT2D eigenvalue weighted by molar-refractivity contribution is -0.119. The van der Waals surface area contributed by atoms with E-state index in [-0.39, 0.29) is 11.3 Å². The zero-order valence-electron chi connectivity index (χ0n) is 10.4. The van der Waals surface area contributed by atoms with E-state index in [1.54, 1.807) is 0 Å². The van der Waals surface area contributed by atoms with Gasteiger partial charge in [0.15, 0.2) is 0 Å². The van der Waals surface area contributed by atoms with Crippen LogP contribution < -0.4 is 10.2 Å². The van der Waals surface area contributed by atoms with Crippen molar-refractivity contribution in [2.75, 3.05) is 24.5 Å². The van der Waals surface area contributed by atoms with Crippen LogP contribution >= 0.6 is 15.9 Å². The van der Waals surface area contributed by atoms with E-state index in [0.717, 1.165) is 36.2 Å². The van der Waals surface area contributed by atoms with Crippen molar-refractivity contribution in [1.29, 1.82) is 5.26 Å². The molecule has 4 nitrogen and oxygen atoms in total. The summed E-state index contributed by atoms with van der Waals surface area (Å²) in [7, 11) is 0. The summed E-state index contributed by atoms with van der Waals surface area (Å²) in [4.78, 5) is 13.7. The third-order valence-corrected chi connectivity index (χ3v) is 4.69. The zero-order chi connectivity index (χ0) is 13.5. The number of hydrogen-bond acceptors (Lipinski definition) is 3. The van der Waals surface area contributed by atoms with E-state index in [0.29, 0.717) is 12.0 Å². The number of rotatable bonds is 1. The molecule has 1 aromatic carbocycles. The first-order chi connectivity index (χ1) is 9.12. The van der Waals surface area contributed by atoms with E-state index in [1.807, 2.05) is 18.2 Å². The maximum Gasteiger partial charge on any atom is 0.220 e. The molecule has 2 aliphatic rings. The first kappa shape index (κ1) is 12.5. The van der Waals surface area contributed by atoms with E-state index in [2.05, 4.69) is 32.2 Å². The lowest BCUT2D eigenvalue weighted by Gasteiger charge is -2.24. The fourth-order valence-corrected chi connectivity index (χ4v) is 3.64. The van der Waals surface area contributed by atoms with Crippen LogP contribution in [0.15, 0.2) is 22.7 Å². The van der Waals surface area contributed by atoms with Crippen LogP contribution in [0.3, 0.4) is 0 Å². The minimum Gasteiger partial charge on any atom is -0.370 e. The van der Waals surface area contributed by atoms with Crippen molar-refractivity contribution in [3.05, 3.63) is 28.2 Å². The molecule has 3 rings (SSSR count). The second-order valence-corrected chi connectivity index (χ2v) is 6.26. The molecule has 1 amide bonds. The lowest BCUT2D eigenvalue weighted by Crippen LogP contribution is -2.29. The summed E-state index contributed by atoms with van der Waals surface area (Å²) in [5, 5.41) is 11.8. The summed E-state index contributed by atoms with van der Waals surface area (Å²) in [5.74, 6) is 0.167. The third kappa shape index (κ3) is 2.21. The van der Waals surface area contributed by atoms with E-state index in [4.69, 9.17) is 5.26 Å². The fraction of sp³-hybridized carbons (Fsp3) is 0.429.